The number of hydrogen-bond donors (Lipinski definition) is 1. The van der Waals surface area contributed by atoms with Crippen LogP contribution in [0, 0.1) is 13.8 Å². The van der Waals surface area contributed by atoms with Crippen LogP contribution in [0.25, 0.3) is 17.0 Å². The molecule has 0 fully saturated rings. The Morgan fingerprint density at radius 3 is 2.78 bits per heavy atom. The Morgan fingerprint density at radius 1 is 1.28 bits per heavy atom. The lowest BCUT2D eigenvalue weighted by Gasteiger charge is -1.94. The van der Waals surface area contributed by atoms with Crippen molar-refractivity contribution in [1.29, 1.82) is 0 Å². The number of aryl methyl sites for hydroxylation is 2. The first-order valence-corrected chi connectivity index (χ1v) is 5.66. The molecular formula is C13H12N4O. The van der Waals surface area contributed by atoms with Gasteiger partial charge in [0.25, 0.3) is 0 Å². The molecule has 90 valence electrons. The van der Waals surface area contributed by atoms with E-state index in [1.54, 1.807) is 10.5 Å². The summed E-state index contributed by atoms with van der Waals surface area (Å²) in [6.07, 6.45) is 2.66. The van der Waals surface area contributed by atoms with Gasteiger partial charge in [0.15, 0.2) is 6.29 Å². The Balaban J connectivity index is 2.25. The molecule has 0 aromatic carbocycles. The molecule has 0 bridgehead atoms. The highest BCUT2D eigenvalue weighted by Gasteiger charge is 2.12. The summed E-state index contributed by atoms with van der Waals surface area (Å²) in [6, 6.07) is 5.44. The summed E-state index contributed by atoms with van der Waals surface area (Å²) in [6.45, 7) is 3.86. The molecule has 0 aliphatic carbocycles. The second-order valence-electron chi connectivity index (χ2n) is 4.22. The molecule has 1 N–H and O–H groups in total. The van der Waals surface area contributed by atoms with E-state index in [0.717, 1.165) is 34.8 Å². The second kappa shape index (κ2) is 3.80. The van der Waals surface area contributed by atoms with Crippen molar-refractivity contribution in [2.45, 2.75) is 13.8 Å². The molecule has 3 aromatic rings. The molecular weight excluding hydrogens is 228 g/mol. The first-order chi connectivity index (χ1) is 8.69. The molecule has 0 radical (unpaired) electrons. The van der Waals surface area contributed by atoms with E-state index in [1.807, 2.05) is 32.2 Å². The van der Waals surface area contributed by atoms with E-state index in [2.05, 4.69) is 15.0 Å². The number of nitrogens with one attached hydrogen (secondary N) is 1. The van der Waals surface area contributed by atoms with Gasteiger partial charge in [-0.2, -0.15) is 0 Å². The predicted octanol–water partition coefficient (Wildman–Crippen LogP) is 2.15. The van der Waals surface area contributed by atoms with Crippen molar-refractivity contribution < 1.29 is 4.79 Å². The van der Waals surface area contributed by atoms with Gasteiger partial charge in [-0.3, -0.25) is 9.20 Å². The zero-order valence-electron chi connectivity index (χ0n) is 10.1. The first kappa shape index (κ1) is 10.7. The average Bonchev–Trinajstić information content (AvgIpc) is 2.91. The van der Waals surface area contributed by atoms with Crippen molar-refractivity contribution in [3.63, 3.8) is 0 Å². The van der Waals surface area contributed by atoms with Crippen LogP contribution in [0.1, 0.15) is 22.0 Å². The molecule has 0 saturated heterocycles. The molecule has 18 heavy (non-hydrogen) atoms. The molecule has 3 heterocycles. The minimum atomic E-state index is 0.580. The van der Waals surface area contributed by atoms with E-state index >= 15 is 0 Å². The van der Waals surface area contributed by atoms with Crippen LogP contribution in [0.5, 0.6) is 0 Å². The van der Waals surface area contributed by atoms with Crippen molar-refractivity contribution >= 4 is 11.9 Å². The number of nitrogens with zero attached hydrogens (tertiary/aromatic N) is 3. The quantitative estimate of drug-likeness (QED) is 0.698. The average molecular weight is 240 g/mol. The number of fused-ring (bicyclic) bond motifs is 1. The molecule has 3 aromatic heterocycles. The molecule has 5 nitrogen and oxygen atoms in total. The lowest BCUT2D eigenvalue weighted by atomic mass is 10.3. The zero-order valence-corrected chi connectivity index (χ0v) is 10.1. The zero-order chi connectivity index (χ0) is 12.7. The lowest BCUT2D eigenvalue weighted by Crippen LogP contribution is -1.91. The minimum absolute atomic E-state index is 0.580. The van der Waals surface area contributed by atoms with Gasteiger partial charge in [-0.15, -0.1) is 0 Å². The van der Waals surface area contributed by atoms with Crippen LogP contribution in [0.15, 0.2) is 24.4 Å². The van der Waals surface area contributed by atoms with E-state index in [-0.39, 0.29) is 0 Å². The highest BCUT2D eigenvalue weighted by Crippen LogP contribution is 2.21. The second-order valence-corrected chi connectivity index (χ2v) is 4.22. The number of imidazole rings is 2. The first-order valence-electron chi connectivity index (χ1n) is 5.66. The fraction of sp³-hybridized carbons (Fsp3) is 0.154. The third-order valence-corrected chi connectivity index (χ3v) is 2.89. The maximum atomic E-state index is 11.0. The van der Waals surface area contributed by atoms with Crippen LogP contribution < -0.4 is 0 Å². The van der Waals surface area contributed by atoms with Gasteiger partial charge in [-0.25, -0.2) is 9.97 Å². The summed E-state index contributed by atoms with van der Waals surface area (Å²) in [5.74, 6) is 0.857. The maximum absolute atomic E-state index is 11.0. The molecule has 0 spiro atoms. The fourth-order valence-corrected chi connectivity index (χ4v) is 2.10. The lowest BCUT2D eigenvalue weighted by molar-refractivity contribution is 0.111. The topological polar surface area (TPSA) is 63.1 Å². The molecule has 0 unspecified atom stereocenters. The number of carbonyl (C=O) groups is 1. The van der Waals surface area contributed by atoms with Crippen molar-refractivity contribution in [2.24, 2.45) is 0 Å². The maximum Gasteiger partial charge on any atom is 0.166 e. The molecule has 5 heteroatoms. The summed E-state index contributed by atoms with van der Waals surface area (Å²) in [7, 11) is 0. The van der Waals surface area contributed by atoms with E-state index in [1.165, 1.54) is 0 Å². The Kier molecular flexibility index (Phi) is 2.26. The number of aldehydes is 1. The largest absolute Gasteiger partial charge is 0.346 e. The summed E-state index contributed by atoms with van der Waals surface area (Å²) in [5.41, 5.74) is 3.90. The number of aromatic amines is 1. The summed E-state index contributed by atoms with van der Waals surface area (Å²) in [4.78, 5) is 23.0. The van der Waals surface area contributed by atoms with Crippen LogP contribution in [-0.2, 0) is 0 Å². The number of hydrogen-bond acceptors (Lipinski definition) is 3. The Bertz CT molecular complexity index is 739. The van der Waals surface area contributed by atoms with Crippen molar-refractivity contribution in [1.82, 2.24) is 19.4 Å². The summed E-state index contributed by atoms with van der Waals surface area (Å²) < 4.78 is 1.77. The monoisotopic (exact) mass is 240 g/mol. The minimum Gasteiger partial charge on any atom is -0.346 e. The molecule has 0 amide bonds. The Hall–Kier alpha value is -2.43. The number of aromatic nitrogens is 4. The van der Waals surface area contributed by atoms with E-state index in [0.29, 0.717) is 5.69 Å². The van der Waals surface area contributed by atoms with Gasteiger partial charge in [-0.05, 0) is 26.0 Å². The Morgan fingerprint density at radius 2 is 2.11 bits per heavy atom. The van der Waals surface area contributed by atoms with Crippen molar-refractivity contribution in [2.75, 3.05) is 0 Å². The molecule has 0 aliphatic rings. The fourth-order valence-electron chi connectivity index (χ4n) is 2.10. The number of H-pyrrole nitrogens is 1. The van der Waals surface area contributed by atoms with Gasteiger partial charge < -0.3 is 4.98 Å². The van der Waals surface area contributed by atoms with Gasteiger partial charge in [0, 0.05) is 11.9 Å². The number of carbonyl (C=O) groups excluding carboxylic acids is 1. The van der Waals surface area contributed by atoms with Gasteiger partial charge in [0.1, 0.15) is 22.9 Å². The van der Waals surface area contributed by atoms with Crippen LogP contribution in [0.4, 0.5) is 0 Å². The summed E-state index contributed by atoms with van der Waals surface area (Å²) in [5, 5.41) is 0. The van der Waals surface area contributed by atoms with E-state index in [4.69, 9.17) is 0 Å². The van der Waals surface area contributed by atoms with Crippen molar-refractivity contribution in [3.8, 4) is 11.4 Å². The standard InChI is InChI=1S/C13H12N4O/c1-8-13(15-9(2)14-8)11-6-17-10(7-18)4-3-5-12(17)16-11/h3-7H,1-2H3,(H,14,15). The van der Waals surface area contributed by atoms with Crippen LogP contribution >= 0.6 is 0 Å². The highest BCUT2D eigenvalue weighted by molar-refractivity contribution is 5.75. The summed E-state index contributed by atoms with van der Waals surface area (Å²) >= 11 is 0. The molecule has 0 saturated carbocycles. The van der Waals surface area contributed by atoms with Gasteiger partial charge >= 0.3 is 0 Å². The van der Waals surface area contributed by atoms with Crippen molar-refractivity contribution in [3.05, 3.63) is 41.6 Å². The van der Waals surface area contributed by atoms with Crippen LogP contribution in [0.3, 0.4) is 0 Å². The molecule has 0 aliphatic heterocycles. The normalized spacial score (nSPS) is 11.0. The van der Waals surface area contributed by atoms with Crippen LogP contribution in [-0.4, -0.2) is 25.6 Å². The van der Waals surface area contributed by atoms with Crippen LogP contribution in [0.2, 0.25) is 0 Å². The Labute approximate surface area is 104 Å². The van der Waals surface area contributed by atoms with Gasteiger partial charge in [0.05, 0.1) is 5.69 Å². The van der Waals surface area contributed by atoms with E-state index < -0.39 is 0 Å². The number of rotatable bonds is 2. The molecule has 3 rings (SSSR count). The smallest absolute Gasteiger partial charge is 0.166 e. The van der Waals surface area contributed by atoms with E-state index in [9.17, 15) is 4.79 Å². The third-order valence-electron chi connectivity index (χ3n) is 2.89. The predicted molar refractivity (Wildman–Crippen MR) is 67.6 cm³/mol. The molecule has 0 atom stereocenters. The van der Waals surface area contributed by atoms with Gasteiger partial charge in [-0.1, -0.05) is 6.07 Å². The third kappa shape index (κ3) is 1.52. The highest BCUT2D eigenvalue weighted by atomic mass is 16.1. The van der Waals surface area contributed by atoms with Gasteiger partial charge in [0.2, 0.25) is 0 Å². The SMILES string of the molecule is Cc1nc(-c2cn3c(C=O)cccc3n2)c(C)[nH]1. The number of pyridine rings is 1.